The first-order valence-corrected chi connectivity index (χ1v) is 6.92. The van der Waals surface area contributed by atoms with E-state index in [1.54, 1.807) is 0 Å². The lowest BCUT2D eigenvalue weighted by Crippen LogP contribution is -2.14. The lowest BCUT2D eigenvalue weighted by Gasteiger charge is -2.18. The van der Waals surface area contributed by atoms with E-state index >= 15 is 0 Å². The number of nitrogens with two attached hydrogens (primary N) is 1. The molecule has 0 fully saturated rings. The van der Waals surface area contributed by atoms with Gasteiger partial charge in [0.05, 0.1) is 0 Å². The maximum absolute atomic E-state index is 6.21. The van der Waals surface area contributed by atoms with Crippen molar-refractivity contribution in [2.24, 2.45) is 11.7 Å². The summed E-state index contributed by atoms with van der Waals surface area (Å²) in [5.74, 6) is 0.658. The molecular weight excluding hydrogens is 286 g/mol. The third-order valence-electron chi connectivity index (χ3n) is 2.80. The predicted molar refractivity (Wildman–Crippen MR) is 74.8 cm³/mol. The molecule has 2 N–H and O–H groups in total. The second-order valence-electron chi connectivity index (χ2n) is 4.40. The minimum absolute atomic E-state index is 0.0645. The van der Waals surface area contributed by atoms with Gasteiger partial charge >= 0.3 is 0 Å². The van der Waals surface area contributed by atoms with Crippen LogP contribution in [0.25, 0.3) is 0 Å². The van der Waals surface area contributed by atoms with Crippen LogP contribution < -0.4 is 5.73 Å². The lowest BCUT2D eigenvalue weighted by atomic mass is 9.94. The van der Waals surface area contributed by atoms with Crippen LogP contribution in [0.15, 0.2) is 22.7 Å². The van der Waals surface area contributed by atoms with E-state index in [-0.39, 0.29) is 6.04 Å². The summed E-state index contributed by atoms with van der Waals surface area (Å²) in [6, 6.07) is 5.85. The molecule has 0 amide bonds. The molecule has 1 nitrogen and oxygen atoms in total. The Hall–Kier alpha value is -0.0500. The van der Waals surface area contributed by atoms with E-state index < -0.39 is 0 Å². The SMILES string of the molecule is CCCC(C)CC(N)c1cc(Cl)ccc1Br. The molecule has 0 spiro atoms. The van der Waals surface area contributed by atoms with Crippen LogP contribution in [0.3, 0.4) is 0 Å². The van der Waals surface area contributed by atoms with Gasteiger partial charge in [-0.2, -0.15) is 0 Å². The topological polar surface area (TPSA) is 26.0 Å². The molecule has 0 heterocycles. The standard InChI is InChI=1S/C13H19BrClN/c1-3-4-9(2)7-13(16)11-8-10(15)5-6-12(11)14/h5-6,8-9,13H,3-4,7,16H2,1-2H3. The number of benzene rings is 1. The van der Waals surface area contributed by atoms with Crippen LogP contribution in [0, 0.1) is 5.92 Å². The summed E-state index contributed by atoms with van der Waals surface area (Å²) in [4.78, 5) is 0. The van der Waals surface area contributed by atoms with E-state index in [0.29, 0.717) is 5.92 Å². The summed E-state index contributed by atoms with van der Waals surface area (Å²) >= 11 is 9.50. The molecule has 0 saturated heterocycles. The minimum Gasteiger partial charge on any atom is -0.324 e. The summed E-state index contributed by atoms with van der Waals surface area (Å²) in [7, 11) is 0. The highest BCUT2D eigenvalue weighted by molar-refractivity contribution is 9.10. The first kappa shape index (κ1) is 14.0. The molecule has 16 heavy (non-hydrogen) atoms. The Morgan fingerprint density at radius 1 is 1.44 bits per heavy atom. The Balaban J connectivity index is 2.72. The molecule has 1 aromatic carbocycles. The predicted octanol–water partition coefficient (Wildman–Crippen LogP) is 4.93. The maximum atomic E-state index is 6.21. The van der Waals surface area contributed by atoms with Crippen molar-refractivity contribution in [2.45, 2.75) is 39.2 Å². The number of halogens is 2. The van der Waals surface area contributed by atoms with Crippen molar-refractivity contribution in [3.63, 3.8) is 0 Å². The first-order valence-electron chi connectivity index (χ1n) is 5.75. The number of hydrogen-bond acceptors (Lipinski definition) is 1. The largest absolute Gasteiger partial charge is 0.324 e. The van der Waals surface area contributed by atoms with Crippen molar-refractivity contribution in [1.29, 1.82) is 0 Å². The monoisotopic (exact) mass is 303 g/mol. The molecule has 0 bridgehead atoms. The molecule has 0 aromatic heterocycles. The van der Waals surface area contributed by atoms with E-state index in [4.69, 9.17) is 17.3 Å². The summed E-state index contributed by atoms with van der Waals surface area (Å²) in [6.07, 6.45) is 3.45. The van der Waals surface area contributed by atoms with E-state index in [1.807, 2.05) is 18.2 Å². The van der Waals surface area contributed by atoms with Gasteiger partial charge in [-0.1, -0.05) is 54.2 Å². The summed E-state index contributed by atoms with van der Waals surface area (Å²) < 4.78 is 1.05. The van der Waals surface area contributed by atoms with E-state index in [1.165, 1.54) is 12.8 Å². The lowest BCUT2D eigenvalue weighted by molar-refractivity contribution is 0.440. The Morgan fingerprint density at radius 3 is 2.75 bits per heavy atom. The zero-order valence-electron chi connectivity index (χ0n) is 9.84. The zero-order chi connectivity index (χ0) is 12.1. The maximum Gasteiger partial charge on any atom is 0.0410 e. The van der Waals surface area contributed by atoms with Gasteiger partial charge < -0.3 is 5.73 Å². The Bertz CT molecular complexity index is 341. The first-order chi connectivity index (χ1) is 7.54. The number of hydrogen-bond donors (Lipinski definition) is 1. The summed E-state index contributed by atoms with van der Waals surface area (Å²) in [6.45, 7) is 4.46. The highest BCUT2D eigenvalue weighted by Gasteiger charge is 2.13. The average Bonchev–Trinajstić information content (AvgIpc) is 2.21. The quantitative estimate of drug-likeness (QED) is 0.820. The van der Waals surface area contributed by atoms with Gasteiger partial charge in [-0.05, 0) is 36.1 Å². The normalized spacial score (nSPS) is 14.8. The number of rotatable bonds is 5. The zero-order valence-corrected chi connectivity index (χ0v) is 12.2. The molecular formula is C13H19BrClN. The fourth-order valence-corrected chi connectivity index (χ4v) is 2.69. The molecule has 0 aliphatic carbocycles. The van der Waals surface area contributed by atoms with Crippen molar-refractivity contribution < 1.29 is 0 Å². The van der Waals surface area contributed by atoms with Crippen LogP contribution in [0.5, 0.6) is 0 Å². The second kappa shape index (κ2) is 6.63. The fourth-order valence-electron chi connectivity index (χ4n) is 1.97. The van der Waals surface area contributed by atoms with Gasteiger partial charge in [0.1, 0.15) is 0 Å². The third-order valence-corrected chi connectivity index (χ3v) is 3.75. The van der Waals surface area contributed by atoms with Gasteiger partial charge in [-0.15, -0.1) is 0 Å². The third kappa shape index (κ3) is 4.08. The molecule has 0 saturated carbocycles. The van der Waals surface area contributed by atoms with Crippen molar-refractivity contribution in [3.05, 3.63) is 33.3 Å². The van der Waals surface area contributed by atoms with E-state index in [9.17, 15) is 0 Å². The van der Waals surface area contributed by atoms with Gasteiger partial charge in [0.2, 0.25) is 0 Å². The van der Waals surface area contributed by atoms with Crippen molar-refractivity contribution in [2.75, 3.05) is 0 Å². The fraction of sp³-hybridized carbons (Fsp3) is 0.538. The molecule has 1 aromatic rings. The molecule has 2 atom stereocenters. The minimum atomic E-state index is 0.0645. The van der Waals surface area contributed by atoms with Gasteiger partial charge in [0.15, 0.2) is 0 Å². The van der Waals surface area contributed by atoms with Gasteiger partial charge in [0.25, 0.3) is 0 Å². The summed E-state index contributed by atoms with van der Waals surface area (Å²) in [5.41, 5.74) is 7.31. The van der Waals surface area contributed by atoms with Crippen molar-refractivity contribution in [1.82, 2.24) is 0 Å². The highest BCUT2D eigenvalue weighted by atomic mass is 79.9. The summed E-state index contributed by atoms with van der Waals surface area (Å²) in [5, 5.41) is 0.747. The smallest absolute Gasteiger partial charge is 0.0410 e. The molecule has 0 aliphatic heterocycles. The van der Waals surface area contributed by atoms with Crippen LogP contribution in [0.2, 0.25) is 5.02 Å². The van der Waals surface area contributed by atoms with Crippen LogP contribution in [0.4, 0.5) is 0 Å². The van der Waals surface area contributed by atoms with Gasteiger partial charge in [-0.3, -0.25) is 0 Å². The van der Waals surface area contributed by atoms with Crippen LogP contribution in [0.1, 0.15) is 44.7 Å². The molecule has 0 aliphatic rings. The van der Waals surface area contributed by atoms with E-state index in [2.05, 4.69) is 29.8 Å². The van der Waals surface area contributed by atoms with E-state index in [0.717, 1.165) is 21.5 Å². The molecule has 1 rings (SSSR count). The van der Waals surface area contributed by atoms with Crippen LogP contribution in [-0.2, 0) is 0 Å². The molecule has 3 heteroatoms. The second-order valence-corrected chi connectivity index (χ2v) is 5.69. The van der Waals surface area contributed by atoms with Gasteiger partial charge in [0, 0.05) is 15.5 Å². The van der Waals surface area contributed by atoms with Crippen LogP contribution >= 0.6 is 27.5 Å². The van der Waals surface area contributed by atoms with Crippen molar-refractivity contribution >= 4 is 27.5 Å². The van der Waals surface area contributed by atoms with Crippen LogP contribution in [-0.4, -0.2) is 0 Å². The van der Waals surface area contributed by atoms with Crippen molar-refractivity contribution in [3.8, 4) is 0 Å². The Labute approximate surface area is 111 Å². The Kier molecular flexibility index (Phi) is 5.81. The van der Waals surface area contributed by atoms with Gasteiger partial charge in [-0.25, -0.2) is 0 Å². The molecule has 90 valence electrons. The molecule has 0 radical (unpaired) electrons. The highest BCUT2D eigenvalue weighted by Crippen LogP contribution is 2.29. The average molecular weight is 305 g/mol. The Morgan fingerprint density at radius 2 is 2.12 bits per heavy atom. The molecule has 2 unspecified atom stereocenters.